The molecule has 1 rings (SSSR count). The second kappa shape index (κ2) is 9.55. The fourth-order valence-electron chi connectivity index (χ4n) is 2.17. The Balaban J connectivity index is 2.10. The van der Waals surface area contributed by atoms with E-state index in [-0.39, 0.29) is 6.61 Å². The van der Waals surface area contributed by atoms with Gasteiger partial charge in [-0.1, -0.05) is 19.3 Å². The zero-order valence-electron chi connectivity index (χ0n) is 11.9. The first kappa shape index (κ1) is 16.7. The Bertz CT molecular complexity index is 305. The standard InChI is InChI=1S/C13H24N2O5/c1-19-9-11(12(16)17)15-13(18)14-7-8-20-10-5-3-2-4-6-10/h10-11H,2-9H2,1H3,(H,16,17)(H2,14,15,18). The largest absolute Gasteiger partial charge is 0.480 e. The van der Waals surface area contributed by atoms with Crippen LogP contribution in [0.1, 0.15) is 32.1 Å². The first-order valence-electron chi connectivity index (χ1n) is 7.01. The number of carboxylic acids is 1. The second-order valence-corrected chi connectivity index (χ2v) is 4.88. The van der Waals surface area contributed by atoms with Crippen molar-refractivity contribution in [1.29, 1.82) is 0 Å². The molecule has 20 heavy (non-hydrogen) atoms. The zero-order chi connectivity index (χ0) is 14.8. The topological polar surface area (TPSA) is 96.9 Å². The van der Waals surface area contributed by atoms with Gasteiger partial charge in [-0.15, -0.1) is 0 Å². The Labute approximate surface area is 119 Å². The quantitative estimate of drug-likeness (QED) is 0.572. The van der Waals surface area contributed by atoms with Gasteiger partial charge in [-0.3, -0.25) is 0 Å². The zero-order valence-corrected chi connectivity index (χ0v) is 11.9. The van der Waals surface area contributed by atoms with Gasteiger partial charge in [0.25, 0.3) is 0 Å². The van der Waals surface area contributed by atoms with Crippen LogP contribution in [0.4, 0.5) is 4.79 Å². The van der Waals surface area contributed by atoms with Crippen LogP contribution < -0.4 is 10.6 Å². The minimum absolute atomic E-state index is 0.0681. The summed E-state index contributed by atoms with van der Waals surface area (Å²) in [5.41, 5.74) is 0. The van der Waals surface area contributed by atoms with E-state index in [0.717, 1.165) is 12.8 Å². The SMILES string of the molecule is COCC(NC(=O)NCCOC1CCCCC1)C(=O)O. The molecule has 1 aliphatic carbocycles. The molecule has 1 aliphatic rings. The molecule has 0 heterocycles. The summed E-state index contributed by atoms with van der Waals surface area (Å²) in [7, 11) is 1.38. The fraction of sp³-hybridized carbons (Fsp3) is 0.846. The van der Waals surface area contributed by atoms with Crippen LogP contribution in [0.5, 0.6) is 0 Å². The van der Waals surface area contributed by atoms with E-state index in [1.807, 2.05) is 0 Å². The van der Waals surface area contributed by atoms with Crippen molar-refractivity contribution >= 4 is 12.0 Å². The van der Waals surface area contributed by atoms with Crippen molar-refractivity contribution in [3.63, 3.8) is 0 Å². The van der Waals surface area contributed by atoms with Gasteiger partial charge in [0.2, 0.25) is 0 Å². The highest BCUT2D eigenvalue weighted by Crippen LogP contribution is 2.19. The number of nitrogens with one attached hydrogen (secondary N) is 2. The Morgan fingerprint density at radius 1 is 1.30 bits per heavy atom. The average molecular weight is 288 g/mol. The molecule has 0 aromatic heterocycles. The molecule has 0 radical (unpaired) electrons. The molecule has 7 heteroatoms. The van der Waals surface area contributed by atoms with Crippen molar-refractivity contribution in [1.82, 2.24) is 10.6 Å². The highest BCUT2D eigenvalue weighted by molar-refractivity contribution is 5.82. The molecule has 1 fully saturated rings. The van der Waals surface area contributed by atoms with Gasteiger partial charge in [-0.25, -0.2) is 9.59 Å². The molecule has 0 spiro atoms. The molecular formula is C13H24N2O5. The predicted octanol–water partition coefficient (Wildman–Crippen LogP) is 0.735. The first-order chi connectivity index (χ1) is 9.63. The highest BCUT2D eigenvalue weighted by atomic mass is 16.5. The Kier molecular flexibility index (Phi) is 7.98. The lowest BCUT2D eigenvalue weighted by Crippen LogP contribution is -2.48. The van der Waals surface area contributed by atoms with Crippen LogP contribution in [0.15, 0.2) is 0 Å². The summed E-state index contributed by atoms with van der Waals surface area (Å²) in [4.78, 5) is 22.3. The van der Waals surface area contributed by atoms with Crippen molar-refractivity contribution in [2.24, 2.45) is 0 Å². The number of carbonyl (C=O) groups excluding carboxylic acids is 1. The molecule has 0 bridgehead atoms. The predicted molar refractivity (Wildman–Crippen MR) is 72.7 cm³/mol. The summed E-state index contributed by atoms with van der Waals surface area (Å²) >= 11 is 0. The normalized spacial score (nSPS) is 17.4. The Hall–Kier alpha value is -1.34. The van der Waals surface area contributed by atoms with Crippen molar-refractivity contribution in [2.75, 3.05) is 26.9 Å². The van der Waals surface area contributed by atoms with Gasteiger partial charge in [0.05, 0.1) is 19.3 Å². The molecule has 0 aromatic carbocycles. The Morgan fingerprint density at radius 2 is 2.00 bits per heavy atom. The van der Waals surface area contributed by atoms with Gasteiger partial charge in [0, 0.05) is 13.7 Å². The molecule has 1 saturated carbocycles. The fourth-order valence-corrected chi connectivity index (χ4v) is 2.17. The smallest absolute Gasteiger partial charge is 0.328 e. The number of ether oxygens (including phenoxy) is 2. The molecule has 0 aromatic rings. The number of carbonyl (C=O) groups is 2. The molecule has 0 saturated heterocycles. The summed E-state index contributed by atoms with van der Waals surface area (Å²) in [5.74, 6) is -1.12. The molecule has 116 valence electrons. The maximum atomic E-state index is 11.5. The van der Waals surface area contributed by atoms with Crippen LogP contribution in [0.2, 0.25) is 0 Å². The van der Waals surface area contributed by atoms with E-state index < -0.39 is 18.0 Å². The molecule has 1 unspecified atom stereocenters. The maximum Gasteiger partial charge on any atom is 0.328 e. The summed E-state index contributed by atoms with van der Waals surface area (Å²) in [5, 5.41) is 13.7. The summed E-state index contributed by atoms with van der Waals surface area (Å²) in [6.45, 7) is 0.739. The third-order valence-corrected chi connectivity index (χ3v) is 3.23. The number of amides is 2. The van der Waals surface area contributed by atoms with Crippen LogP contribution in [-0.2, 0) is 14.3 Å². The number of carboxylic acid groups (broad SMARTS) is 1. The molecular weight excluding hydrogens is 264 g/mol. The number of aliphatic carboxylic acids is 1. The lowest BCUT2D eigenvalue weighted by molar-refractivity contribution is -0.140. The molecule has 3 N–H and O–H groups in total. The number of rotatable bonds is 8. The van der Waals surface area contributed by atoms with E-state index in [1.165, 1.54) is 26.4 Å². The van der Waals surface area contributed by atoms with Crippen LogP contribution in [0, 0.1) is 0 Å². The number of hydrogen-bond donors (Lipinski definition) is 3. The Morgan fingerprint density at radius 3 is 2.60 bits per heavy atom. The molecule has 7 nitrogen and oxygen atoms in total. The monoisotopic (exact) mass is 288 g/mol. The summed E-state index contributed by atoms with van der Waals surface area (Å²) < 4.78 is 10.4. The van der Waals surface area contributed by atoms with E-state index in [0.29, 0.717) is 19.3 Å². The van der Waals surface area contributed by atoms with Crippen LogP contribution in [-0.4, -0.2) is 56.1 Å². The van der Waals surface area contributed by atoms with Crippen molar-refractivity contribution in [3.8, 4) is 0 Å². The van der Waals surface area contributed by atoms with Crippen LogP contribution in [0.3, 0.4) is 0 Å². The van der Waals surface area contributed by atoms with E-state index in [9.17, 15) is 9.59 Å². The molecule has 1 atom stereocenters. The van der Waals surface area contributed by atoms with Crippen molar-refractivity contribution in [3.05, 3.63) is 0 Å². The van der Waals surface area contributed by atoms with Gasteiger partial charge < -0.3 is 25.2 Å². The van der Waals surface area contributed by atoms with Crippen LogP contribution >= 0.6 is 0 Å². The number of hydrogen-bond acceptors (Lipinski definition) is 4. The second-order valence-electron chi connectivity index (χ2n) is 4.88. The third-order valence-electron chi connectivity index (χ3n) is 3.23. The van der Waals surface area contributed by atoms with Crippen LogP contribution in [0.25, 0.3) is 0 Å². The van der Waals surface area contributed by atoms with Gasteiger partial charge in [0.15, 0.2) is 6.04 Å². The van der Waals surface area contributed by atoms with Gasteiger partial charge in [-0.05, 0) is 12.8 Å². The van der Waals surface area contributed by atoms with E-state index in [2.05, 4.69) is 10.6 Å². The van der Waals surface area contributed by atoms with Gasteiger partial charge in [0.1, 0.15) is 0 Å². The average Bonchev–Trinajstić information content (AvgIpc) is 2.44. The van der Waals surface area contributed by atoms with Crippen molar-refractivity contribution in [2.45, 2.75) is 44.2 Å². The minimum Gasteiger partial charge on any atom is -0.480 e. The lowest BCUT2D eigenvalue weighted by Gasteiger charge is -2.22. The molecule has 2 amide bonds. The first-order valence-corrected chi connectivity index (χ1v) is 7.01. The summed E-state index contributed by atoms with van der Waals surface area (Å²) in [6, 6.07) is -1.57. The third kappa shape index (κ3) is 6.72. The summed E-state index contributed by atoms with van der Waals surface area (Å²) in [6.07, 6.45) is 6.15. The van der Waals surface area contributed by atoms with Gasteiger partial charge in [-0.2, -0.15) is 0 Å². The minimum atomic E-state index is -1.12. The van der Waals surface area contributed by atoms with Crippen molar-refractivity contribution < 1.29 is 24.2 Å². The van der Waals surface area contributed by atoms with Gasteiger partial charge >= 0.3 is 12.0 Å². The van der Waals surface area contributed by atoms with E-state index >= 15 is 0 Å². The lowest BCUT2D eigenvalue weighted by atomic mass is 9.98. The number of urea groups is 1. The molecule has 0 aliphatic heterocycles. The number of methoxy groups -OCH3 is 1. The van der Waals surface area contributed by atoms with E-state index in [4.69, 9.17) is 14.6 Å². The highest BCUT2D eigenvalue weighted by Gasteiger charge is 2.19. The van der Waals surface area contributed by atoms with E-state index in [1.54, 1.807) is 0 Å². The maximum absolute atomic E-state index is 11.5.